The average molecular weight is 409 g/mol. The second kappa shape index (κ2) is 10.0. The number of morpholine rings is 1. The molecule has 0 saturated carbocycles. The Kier molecular flexibility index (Phi) is 7.45. The molecule has 0 radical (unpaired) electrons. The molecule has 10 nitrogen and oxygen atoms in total. The molecule has 3 amide bonds. The third-order valence-corrected chi connectivity index (χ3v) is 5.43. The van der Waals surface area contributed by atoms with E-state index in [-0.39, 0.29) is 18.5 Å². The lowest BCUT2D eigenvalue weighted by molar-refractivity contribution is -0.139. The zero-order chi connectivity index (χ0) is 20.8. The SMILES string of the molecule is CCOC(=O)C1=C(CN2CCN(CC(=O)N3CCOCC3)CC2)NC(=O)NC1C. The molecule has 1 atom stereocenters. The van der Waals surface area contributed by atoms with Crippen molar-refractivity contribution in [2.24, 2.45) is 0 Å². The number of carbonyl (C=O) groups excluding carboxylic acids is 3. The minimum atomic E-state index is -0.405. The molecule has 29 heavy (non-hydrogen) atoms. The second-order valence-corrected chi connectivity index (χ2v) is 7.48. The Morgan fingerprint density at radius 1 is 1.10 bits per heavy atom. The Morgan fingerprint density at radius 2 is 1.76 bits per heavy atom. The predicted molar refractivity (Wildman–Crippen MR) is 105 cm³/mol. The summed E-state index contributed by atoms with van der Waals surface area (Å²) in [6.45, 7) is 10.3. The van der Waals surface area contributed by atoms with Gasteiger partial charge in [-0.3, -0.25) is 14.6 Å². The van der Waals surface area contributed by atoms with Crippen molar-refractivity contribution in [2.75, 3.05) is 72.2 Å². The normalized spacial score (nSPS) is 24.1. The number of rotatable bonds is 6. The van der Waals surface area contributed by atoms with Crippen LogP contribution in [0.3, 0.4) is 0 Å². The third kappa shape index (κ3) is 5.68. The highest BCUT2D eigenvalue weighted by molar-refractivity contribution is 5.94. The molecule has 0 aliphatic carbocycles. The molecule has 0 aromatic rings. The number of hydrogen-bond donors (Lipinski definition) is 2. The van der Waals surface area contributed by atoms with Gasteiger partial charge in [-0.1, -0.05) is 0 Å². The summed E-state index contributed by atoms with van der Waals surface area (Å²) in [5.74, 6) is -0.259. The molecule has 2 N–H and O–H groups in total. The summed E-state index contributed by atoms with van der Waals surface area (Å²) < 4.78 is 10.5. The number of carbonyl (C=O) groups is 3. The van der Waals surface area contributed by atoms with Crippen molar-refractivity contribution >= 4 is 17.9 Å². The van der Waals surface area contributed by atoms with E-state index in [4.69, 9.17) is 9.47 Å². The van der Waals surface area contributed by atoms with E-state index < -0.39 is 12.0 Å². The molecule has 1 unspecified atom stereocenters. The number of esters is 1. The van der Waals surface area contributed by atoms with Gasteiger partial charge in [0.1, 0.15) is 0 Å². The Hall–Kier alpha value is -2.17. The zero-order valence-corrected chi connectivity index (χ0v) is 17.2. The molecule has 0 aromatic heterocycles. The first-order chi connectivity index (χ1) is 14.0. The van der Waals surface area contributed by atoms with Crippen LogP contribution in [0.1, 0.15) is 13.8 Å². The van der Waals surface area contributed by atoms with Gasteiger partial charge in [-0.2, -0.15) is 0 Å². The summed E-state index contributed by atoms with van der Waals surface area (Å²) in [6.07, 6.45) is 0. The highest BCUT2D eigenvalue weighted by atomic mass is 16.5. The molecule has 2 fully saturated rings. The molecule has 3 aliphatic heterocycles. The van der Waals surface area contributed by atoms with Crippen molar-refractivity contribution in [3.8, 4) is 0 Å². The van der Waals surface area contributed by atoms with E-state index in [1.54, 1.807) is 13.8 Å². The van der Waals surface area contributed by atoms with Crippen molar-refractivity contribution in [3.05, 3.63) is 11.3 Å². The van der Waals surface area contributed by atoms with Crippen LogP contribution in [0.25, 0.3) is 0 Å². The number of urea groups is 1. The van der Waals surface area contributed by atoms with Crippen LogP contribution in [-0.2, 0) is 19.1 Å². The molecule has 2 saturated heterocycles. The first-order valence-electron chi connectivity index (χ1n) is 10.3. The van der Waals surface area contributed by atoms with Crippen molar-refractivity contribution in [1.82, 2.24) is 25.3 Å². The first-order valence-corrected chi connectivity index (χ1v) is 10.3. The highest BCUT2D eigenvalue weighted by Gasteiger charge is 2.31. The summed E-state index contributed by atoms with van der Waals surface area (Å²) in [7, 11) is 0. The van der Waals surface area contributed by atoms with Crippen molar-refractivity contribution in [1.29, 1.82) is 0 Å². The fourth-order valence-corrected chi connectivity index (χ4v) is 3.84. The molecular weight excluding hydrogens is 378 g/mol. The second-order valence-electron chi connectivity index (χ2n) is 7.48. The molecule has 3 heterocycles. The minimum absolute atomic E-state index is 0.147. The van der Waals surface area contributed by atoms with E-state index in [9.17, 15) is 14.4 Å². The molecule has 162 valence electrons. The Balaban J connectivity index is 1.54. The maximum absolute atomic E-state index is 12.4. The number of hydrogen-bond acceptors (Lipinski definition) is 7. The number of nitrogens with one attached hydrogen (secondary N) is 2. The summed E-state index contributed by atoms with van der Waals surface area (Å²) in [5.41, 5.74) is 1.06. The summed E-state index contributed by atoms with van der Waals surface area (Å²) >= 11 is 0. The topological polar surface area (TPSA) is 103 Å². The maximum atomic E-state index is 12.4. The van der Waals surface area contributed by atoms with Crippen molar-refractivity contribution in [2.45, 2.75) is 19.9 Å². The highest BCUT2D eigenvalue weighted by Crippen LogP contribution is 2.16. The van der Waals surface area contributed by atoms with Gasteiger partial charge in [-0.05, 0) is 13.8 Å². The monoisotopic (exact) mass is 409 g/mol. The predicted octanol–water partition coefficient (Wildman–Crippen LogP) is -1.02. The van der Waals surface area contributed by atoms with Gasteiger partial charge < -0.3 is 25.0 Å². The number of nitrogens with zero attached hydrogens (tertiary/aromatic N) is 3. The molecular formula is C19H31N5O5. The molecule has 3 rings (SSSR count). The maximum Gasteiger partial charge on any atom is 0.337 e. The van der Waals surface area contributed by atoms with E-state index in [0.717, 1.165) is 26.2 Å². The van der Waals surface area contributed by atoms with Gasteiger partial charge in [0.2, 0.25) is 5.91 Å². The smallest absolute Gasteiger partial charge is 0.337 e. The summed E-state index contributed by atoms with van der Waals surface area (Å²) in [6, 6.07) is -0.708. The Morgan fingerprint density at radius 3 is 2.41 bits per heavy atom. The van der Waals surface area contributed by atoms with Crippen LogP contribution in [0.2, 0.25) is 0 Å². The lowest BCUT2D eigenvalue weighted by atomic mass is 10.0. The van der Waals surface area contributed by atoms with E-state index in [0.29, 0.717) is 50.7 Å². The standard InChI is InChI=1S/C19H31N5O5/c1-3-29-18(26)17-14(2)20-19(27)21-15(17)12-22-4-6-23(7-5-22)13-16(25)24-8-10-28-11-9-24/h14H,3-13H2,1-2H3,(H2,20,21,27). The van der Waals surface area contributed by atoms with E-state index >= 15 is 0 Å². The van der Waals surface area contributed by atoms with Gasteiger partial charge in [0.05, 0.1) is 38.0 Å². The molecule has 0 bridgehead atoms. The van der Waals surface area contributed by atoms with E-state index in [1.165, 1.54) is 0 Å². The quantitative estimate of drug-likeness (QED) is 0.542. The van der Waals surface area contributed by atoms with Gasteiger partial charge in [-0.25, -0.2) is 9.59 Å². The molecule has 10 heteroatoms. The van der Waals surface area contributed by atoms with Gasteiger partial charge in [-0.15, -0.1) is 0 Å². The largest absolute Gasteiger partial charge is 0.463 e. The van der Waals surface area contributed by atoms with Crippen LogP contribution in [0.15, 0.2) is 11.3 Å². The van der Waals surface area contributed by atoms with E-state index in [2.05, 4.69) is 20.4 Å². The van der Waals surface area contributed by atoms with Gasteiger partial charge in [0.25, 0.3) is 0 Å². The summed E-state index contributed by atoms with van der Waals surface area (Å²) in [4.78, 5) is 42.8. The van der Waals surface area contributed by atoms with Crippen LogP contribution in [-0.4, -0.2) is 111 Å². The van der Waals surface area contributed by atoms with E-state index in [1.807, 2.05) is 4.90 Å². The molecule has 0 aromatic carbocycles. The Bertz CT molecular complexity index is 653. The van der Waals surface area contributed by atoms with Gasteiger partial charge >= 0.3 is 12.0 Å². The molecule has 3 aliphatic rings. The van der Waals surface area contributed by atoms with Crippen LogP contribution >= 0.6 is 0 Å². The van der Waals surface area contributed by atoms with Crippen LogP contribution < -0.4 is 10.6 Å². The zero-order valence-electron chi connectivity index (χ0n) is 17.2. The lowest BCUT2D eigenvalue weighted by Crippen LogP contribution is -2.54. The number of amides is 3. The van der Waals surface area contributed by atoms with Crippen LogP contribution in [0.4, 0.5) is 4.79 Å². The third-order valence-electron chi connectivity index (χ3n) is 5.43. The lowest BCUT2D eigenvalue weighted by Gasteiger charge is -2.37. The minimum Gasteiger partial charge on any atom is -0.463 e. The average Bonchev–Trinajstić information content (AvgIpc) is 2.70. The van der Waals surface area contributed by atoms with Crippen molar-refractivity contribution < 1.29 is 23.9 Å². The van der Waals surface area contributed by atoms with Crippen LogP contribution in [0.5, 0.6) is 0 Å². The number of ether oxygens (including phenoxy) is 2. The fourth-order valence-electron chi connectivity index (χ4n) is 3.84. The van der Waals surface area contributed by atoms with Gasteiger partial charge in [0.15, 0.2) is 0 Å². The summed E-state index contributed by atoms with van der Waals surface area (Å²) in [5, 5.41) is 5.48. The van der Waals surface area contributed by atoms with Crippen molar-refractivity contribution in [3.63, 3.8) is 0 Å². The Labute approximate surface area is 171 Å². The molecule has 0 spiro atoms. The van der Waals surface area contributed by atoms with Crippen LogP contribution in [0, 0.1) is 0 Å². The first kappa shape index (κ1) is 21.5. The number of piperazine rings is 1. The fraction of sp³-hybridized carbons (Fsp3) is 0.737. The van der Waals surface area contributed by atoms with Gasteiger partial charge in [0, 0.05) is 51.5 Å².